The summed E-state index contributed by atoms with van der Waals surface area (Å²) in [6.07, 6.45) is 1.63. The Morgan fingerprint density at radius 1 is 1.17 bits per heavy atom. The quantitative estimate of drug-likeness (QED) is 0.458. The van der Waals surface area contributed by atoms with E-state index < -0.39 is 0 Å². The molecule has 146 valence electrons. The molecule has 0 atom stereocenters. The first-order chi connectivity index (χ1) is 14.0. The maximum atomic E-state index is 13.5. The summed E-state index contributed by atoms with van der Waals surface area (Å²) in [4.78, 5) is 16.7. The predicted octanol–water partition coefficient (Wildman–Crippen LogP) is 4.72. The SMILES string of the molecule is Cc1c(C(=O)Nc2cccc(CNc3cccnc3N)c2)oc2ccc(F)cc12. The molecule has 2 aromatic heterocycles. The first-order valence-corrected chi connectivity index (χ1v) is 9.04. The number of carbonyl (C=O) groups excluding carboxylic acids is 1. The molecule has 0 spiro atoms. The molecule has 0 radical (unpaired) electrons. The van der Waals surface area contributed by atoms with Gasteiger partial charge in [-0.15, -0.1) is 0 Å². The normalized spacial score (nSPS) is 10.8. The molecule has 0 aliphatic rings. The van der Waals surface area contributed by atoms with Crippen molar-refractivity contribution in [3.63, 3.8) is 0 Å². The van der Waals surface area contributed by atoms with Crippen molar-refractivity contribution in [3.8, 4) is 0 Å². The van der Waals surface area contributed by atoms with Crippen LogP contribution >= 0.6 is 0 Å². The highest BCUT2D eigenvalue weighted by Crippen LogP contribution is 2.27. The second-order valence-electron chi connectivity index (χ2n) is 6.64. The van der Waals surface area contributed by atoms with Crippen molar-refractivity contribution in [2.24, 2.45) is 0 Å². The van der Waals surface area contributed by atoms with Crippen molar-refractivity contribution in [2.45, 2.75) is 13.5 Å². The molecular formula is C22H19FN4O2. The molecule has 7 heteroatoms. The van der Waals surface area contributed by atoms with Gasteiger partial charge in [0, 0.05) is 29.4 Å². The number of nitrogen functional groups attached to an aromatic ring is 1. The molecule has 4 rings (SSSR count). The van der Waals surface area contributed by atoms with Crippen molar-refractivity contribution in [3.05, 3.63) is 83.5 Å². The van der Waals surface area contributed by atoms with E-state index in [0.29, 0.717) is 34.6 Å². The first kappa shape index (κ1) is 18.5. The molecule has 0 fully saturated rings. The summed E-state index contributed by atoms with van der Waals surface area (Å²) in [6.45, 7) is 2.25. The zero-order chi connectivity index (χ0) is 20.4. The van der Waals surface area contributed by atoms with Crippen molar-refractivity contribution in [2.75, 3.05) is 16.4 Å². The lowest BCUT2D eigenvalue weighted by atomic mass is 10.1. The fourth-order valence-corrected chi connectivity index (χ4v) is 3.12. The summed E-state index contributed by atoms with van der Waals surface area (Å²) in [5.41, 5.74) is 9.23. The van der Waals surface area contributed by atoms with Crippen molar-refractivity contribution in [1.29, 1.82) is 0 Å². The summed E-state index contributed by atoms with van der Waals surface area (Å²) in [5, 5.41) is 6.64. The van der Waals surface area contributed by atoms with Gasteiger partial charge in [-0.3, -0.25) is 4.79 Å². The molecule has 4 aromatic rings. The lowest BCUT2D eigenvalue weighted by molar-refractivity contribution is 0.0998. The van der Waals surface area contributed by atoms with Gasteiger partial charge in [0.25, 0.3) is 5.91 Å². The van der Waals surface area contributed by atoms with Crippen LogP contribution < -0.4 is 16.4 Å². The number of nitrogens with two attached hydrogens (primary N) is 1. The van der Waals surface area contributed by atoms with E-state index in [9.17, 15) is 9.18 Å². The largest absolute Gasteiger partial charge is 0.451 e. The third-order valence-corrected chi connectivity index (χ3v) is 4.61. The van der Waals surface area contributed by atoms with E-state index >= 15 is 0 Å². The van der Waals surface area contributed by atoms with Crippen LogP contribution in [0.1, 0.15) is 21.7 Å². The number of hydrogen-bond donors (Lipinski definition) is 3. The summed E-state index contributed by atoms with van der Waals surface area (Å²) >= 11 is 0. The van der Waals surface area contributed by atoms with Crippen LogP contribution in [-0.4, -0.2) is 10.9 Å². The van der Waals surface area contributed by atoms with Gasteiger partial charge in [0.05, 0.1) is 5.69 Å². The number of amides is 1. The van der Waals surface area contributed by atoms with E-state index in [1.54, 1.807) is 25.3 Å². The number of nitrogens with zero attached hydrogens (tertiary/aromatic N) is 1. The molecular weight excluding hydrogens is 371 g/mol. The van der Waals surface area contributed by atoms with Gasteiger partial charge in [-0.25, -0.2) is 9.37 Å². The Labute approximate surface area is 166 Å². The van der Waals surface area contributed by atoms with Gasteiger partial charge in [-0.05, 0) is 55.0 Å². The average Bonchev–Trinajstić information content (AvgIpc) is 3.04. The number of anilines is 3. The number of halogens is 1. The third-order valence-electron chi connectivity index (χ3n) is 4.61. The van der Waals surface area contributed by atoms with Crippen LogP contribution in [0.15, 0.2) is 65.2 Å². The number of aromatic nitrogens is 1. The fraction of sp³-hybridized carbons (Fsp3) is 0.0909. The molecule has 2 aromatic carbocycles. The number of nitrogens with one attached hydrogen (secondary N) is 2. The highest BCUT2D eigenvalue weighted by Gasteiger charge is 2.18. The highest BCUT2D eigenvalue weighted by atomic mass is 19.1. The van der Waals surface area contributed by atoms with Gasteiger partial charge in [0.15, 0.2) is 5.76 Å². The Hall–Kier alpha value is -3.87. The van der Waals surface area contributed by atoms with Crippen LogP contribution in [0, 0.1) is 12.7 Å². The molecule has 0 saturated heterocycles. The van der Waals surface area contributed by atoms with Crippen molar-refractivity contribution < 1.29 is 13.6 Å². The number of carbonyl (C=O) groups is 1. The number of fused-ring (bicyclic) bond motifs is 1. The lowest BCUT2D eigenvalue weighted by Gasteiger charge is -2.10. The van der Waals surface area contributed by atoms with Crippen LogP contribution in [0.5, 0.6) is 0 Å². The predicted molar refractivity (Wildman–Crippen MR) is 111 cm³/mol. The molecule has 0 bridgehead atoms. The van der Waals surface area contributed by atoms with Crippen molar-refractivity contribution >= 4 is 34.1 Å². The van der Waals surface area contributed by atoms with Gasteiger partial charge in [0.1, 0.15) is 17.2 Å². The molecule has 0 unspecified atom stereocenters. The Bertz CT molecular complexity index is 1200. The third kappa shape index (κ3) is 3.89. The number of benzene rings is 2. The van der Waals surface area contributed by atoms with Crippen molar-refractivity contribution in [1.82, 2.24) is 4.98 Å². The standard InChI is InChI=1S/C22H19FN4O2/c1-13-17-11-15(23)7-8-19(17)29-20(13)22(28)27-16-5-2-4-14(10-16)12-26-18-6-3-9-25-21(18)24/h2-11,26H,12H2,1H3,(H2,24,25)(H,27,28). The van der Waals surface area contributed by atoms with Gasteiger partial charge in [-0.2, -0.15) is 0 Å². The monoisotopic (exact) mass is 390 g/mol. The summed E-state index contributed by atoms with van der Waals surface area (Å²) in [7, 11) is 0. The minimum Gasteiger partial charge on any atom is -0.451 e. The van der Waals surface area contributed by atoms with E-state index in [2.05, 4.69) is 15.6 Å². The van der Waals surface area contributed by atoms with Gasteiger partial charge >= 0.3 is 0 Å². The molecule has 4 N–H and O–H groups in total. The number of pyridine rings is 1. The van der Waals surface area contributed by atoms with Gasteiger partial charge < -0.3 is 20.8 Å². The number of furan rings is 1. The number of rotatable bonds is 5. The fourth-order valence-electron chi connectivity index (χ4n) is 3.12. The number of aryl methyl sites for hydroxylation is 1. The summed E-state index contributed by atoms with van der Waals surface area (Å²) in [5.74, 6) is -0.172. The van der Waals surface area contributed by atoms with Crippen LogP contribution in [0.2, 0.25) is 0 Å². The zero-order valence-corrected chi connectivity index (χ0v) is 15.7. The first-order valence-electron chi connectivity index (χ1n) is 9.04. The molecule has 6 nitrogen and oxygen atoms in total. The summed E-state index contributed by atoms with van der Waals surface area (Å²) < 4.78 is 19.1. The smallest absolute Gasteiger partial charge is 0.291 e. The van der Waals surface area contributed by atoms with E-state index in [4.69, 9.17) is 10.2 Å². The molecule has 29 heavy (non-hydrogen) atoms. The Kier molecular flexibility index (Phi) is 4.87. The average molecular weight is 390 g/mol. The lowest BCUT2D eigenvalue weighted by Crippen LogP contribution is -2.12. The van der Waals surface area contributed by atoms with Crippen LogP contribution in [0.4, 0.5) is 21.6 Å². The number of hydrogen-bond acceptors (Lipinski definition) is 5. The second-order valence-corrected chi connectivity index (χ2v) is 6.64. The maximum Gasteiger partial charge on any atom is 0.291 e. The van der Waals surface area contributed by atoms with E-state index in [-0.39, 0.29) is 17.5 Å². The Morgan fingerprint density at radius 3 is 2.86 bits per heavy atom. The highest BCUT2D eigenvalue weighted by molar-refractivity contribution is 6.06. The zero-order valence-electron chi connectivity index (χ0n) is 15.7. The van der Waals surface area contributed by atoms with Crippen LogP contribution in [0.25, 0.3) is 11.0 Å². The minimum absolute atomic E-state index is 0.164. The van der Waals surface area contributed by atoms with E-state index in [1.165, 1.54) is 18.2 Å². The van der Waals surface area contributed by atoms with Crippen LogP contribution in [0.3, 0.4) is 0 Å². The molecule has 0 saturated carbocycles. The topological polar surface area (TPSA) is 93.2 Å². The van der Waals surface area contributed by atoms with Gasteiger partial charge in [0.2, 0.25) is 0 Å². The van der Waals surface area contributed by atoms with E-state index in [0.717, 1.165) is 11.3 Å². The van der Waals surface area contributed by atoms with E-state index in [1.807, 2.05) is 24.3 Å². The minimum atomic E-state index is -0.388. The Balaban J connectivity index is 1.50. The molecule has 0 aliphatic carbocycles. The molecule has 0 aliphatic heterocycles. The van der Waals surface area contributed by atoms with Gasteiger partial charge in [-0.1, -0.05) is 12.1 Å². The maximum absolute atomic E-state index is 13.5. The second kappa shape index (κ2) is 7.63. The Morgan fingerprint density at radius 2 is 2.03 bits per heavy atom. The molecule has 2 heterocycles. The molecule has 1 amide bonds. The summed E-state index contributed by atoms with van der Waals surface area (Å²) in [6, 6.07) is 15.3. The van der Waals surface area contributed by atoms with Crippen LogP contribution in [-0.2, 0) is 6.54 Å².